The number of hydrogen-bond donors (Lipinski definition) is 0. The first-order valence-corrected chi connectivity index (χ1v) is 7.41. The number of carbonyl (C=O) groups is 1. The molecule has 1 atom stereocenters. The number of carbonyl (C=O) groups excluding carboxylic acids is 1. The standard InChI is InChI=1S/C16H22O5/c1-2-18-14-8-3-4-9-15(14)20-12-16(17)21-11-13-7-5-6-10-19-13/h3-4,8-9,13H,2,5-7,10-12H2,1H3. The van der Waals surface area contributed by atoms with E-state index in [1.54, 1.807) is 12.1 Å². The lowest BCUT2D eigenvalue weighted by Gasteiger charge is -2.22. The highest BCUT2D eigenvalue weighted by atomic mass is 16.6. The van der Waals surface area contributed by atoms with Crippen molar-refractivity contribution in [2.24, 2.45) is 0 Å². The van der Waals surface area contributed by atoms with Crippen molar-refractivity contribution in [2.75, 3.05) is 26.4 Å². The highest BCUT2D eigenvalue weighted by molar-refractivity contribution is 5.71. The lowest BCUT2D eigenvalue weighted by molar-refractivity contribution is -0.151. The van der Waals surface area contributed by atoms with E-state index in [4.69, 9.17) is 18.9 Å². The fourth-order valence-corrected chi connectivity index (χ4v) is 2.15. The number of ether oxygens (including phenoxy) is 4. The number of benzene rings is 1. The predicted molar refractivity (Wildman–Crippen MR) is 77.7 cm³/mol. The Morgan fingerprint density at radius 1 is 1.24 bits per heavy atom. The Morgan fingerprint density at radius 3 is 2.67 bits per heavy atom. The molecule has 1 saturated heterocycles. The van der Waals surface area contributed by atoms with E-state index in [1.807, 2.05) is 19.1 Å². The van der Waals surface area contributed by atoms with Crippen LogP contribution in [0, 0.1) is 0 Å². The van der Waals surface area contributed by atoms with Crippen LogP contribution < -0.4 is 9.47 Å². The van der Waals surface area contributed by atoms with Gasteiger partial charge in [0.1, 0.15) is 6.61 Å². The third-order valence-electron chi connectivity index (χ3n) is 3.20. The van der Waals surface area contributed by atoms with Crippen molar-refractivity contribution < 1.29 is 23.7 Å². The van der Waals surface area contributed by atoms with E-state index >= 15 is 0 Å². The van der Waals surface area contributed by atoms with Crippen LogP contribution in [0.3, 0.4) is 0 Å². The molecule has 1 aliphatic heterocycles. The van der Waals surface area contributed by atoms with Gasteiger partial charge in [0.25, 0.3) is 0 Å². The van der Waals surface area contributed by atoms with Crippen LogP contribution in [0.4, 0.5) is 0 Å². The Hall–Kier alpha value is -1.75. The zero-order chi connectivity index (χ0) is 14.9. The van der Waals surface area contributed by atoms with Gasteiger partial charge in [0.05, 0.1) is 12.7 Å². The van der Waals surface area contributed by atoms with Gasteiger partial charge in [0.2, 0.25) is 0 Å². The largest absolute Gasteiger partial charge is 0.490 e. The molecule has 0 aliphatic carbocycles. The van der Waals surface area contributed by atoms with E-state index in [0.717, 1.165) is 25.9 Å². The average Bonchev–Trinajstić information content (AvgIpc) is 2.53. The van der Waals surface area contributed by atoms with Crippen molar-refractivity contribution in [1.29, 1.82) is 0 Å². The van der Waals surface area contributed by atoms with Crippen molar-refractivity contribution >= 4 is 5.97 Å². The maximum Gasteiger partial charge on any atom is 0.344 e. The highest BCUT2D eigenvalue weighted by Crippen LogP contribution is 2.26. The van der Waals surface area contributed by atoms with Gasteiger partial charge in [-0.15, -0.1) is 0 Å². The molecule has 5 nitrogen and oxygen atoms in total. The molecule has 116 valence electrons. The third-order valence-corrected chi connectivity index (χ3v) is 3.20. The monoisotopic (exact) mass is 294 g/mol. The van der Waals surface area contributed by atoms with Crippen LogP contribution in [0.15, 0.2) is 24.3 Å². The van der Waals surface area contributed by atoms with E-state index in [9.17, 15) is 4.79 Å². The van der Waals surface area contributed by atoms with Gasteiger partial charge in [-0.2, -0.15) is 0 Å². The summed E-state index contributed by atoms with van der Waals surface area (Å²) >= 11 is 0. The lowest BCUT2D eigenvalue weighted by atomic mass is 10.1. The summed E-state index contributed by atoms with van der Waals surface area (Å²) in [5, 5.41) is 0. The summed E-state index contributed by atoms with van der Waals surface area (Å²) in [5.74, 6) is 0.782. The fraction of sp³-hybridized carbons (Fsp3) is 0.562. The average molecular weight is 294 g/mol. The van der Waals surface area contributed by atoms with Gasteiger partial charge in [-0.25, -0.2) is 4.79 Å². The second-order valence-electron chi connectivity index (χ2n) is 4.84. The van der Waals surface area contributed by atoms with Crippen LogP contribution in [0.25, 0.3) is 0 Å². The molecule has 1 aromatic carbocycles. The Morgan fingerprint density at radius 2 is 2.00 bits per heavy atom. The maximum absolute atomic E-state index is 11.7. The molecule has 1 unspecified atom stereocenters. The fourth-order valence-electron chi connectivity index (χ4n) is 2.15. The molecule has 1 aliphatic rings. The van der Waals surface area contributed by atoms with Crippen LogP contribution in [0.2, 0.25) is 0 Å². The molecule has 0 N–H and O–H groups in total. The smallest absolute Gasteiger partial charge is 0.344 e. The topological polar surface area (TPSA) is 54.0 Å². The van der Waals surface area contributed by atoms with E-state index in [1.165, 1.54) is 0 Å². The first-order valence-electron chi connectivity index (χ1n) is 7.41. The predicted octanol–water partition coefficient (Wildman–Crippen LogP) is 2.58. The molecule has 1 fully saturated rings. The maximum atomic E-state index is 11.7. The minimum absolute atomic E-state index is 0.0263. The molecule has 0 aromatic heterocycles. The quantitative estimate of drug-likeness (QED) is 0.723. The molecule has 1 aromatic rings. The Kier molecular flexibility index (Phi) is 6.34. The van der Waals surface area contributed by atoms with Gasteiger partial charge in [0.15, 0.2) is 18.1 Å². The molecule has 21 heavy (non-hydrogen) atoms. The minimum atomic E-state index is -0.393. The van der Waals surface area contributed by atoms with Gasteiger partial charge >= 0.3 is 5.97 Å². The number of hydrogen-bond acceptors (Lipinski definition) is 5. The molecule has 0 amide bonds. The molecule has 1 heterocycles. The van der Waals surface area contributed by atoms with Crippen LogP contribution >= 0.6 is 0 Å². The lowest BCUT2D eigenvalue weighted by Crippen LogP contribution is -2.27. The SMILES string of the molecule is CCOc1ccccc1OCC(=O)OCC1CCCCO1. The number of esters is 1. The highest BCUT2D eigenvalue weighted by Gasteiger charge is 2.16. The van der Waals surface area contributed by atoms with Gasteiger partial charge in [-0.1, -0.05) is 12.1 Å². The van der Waals surface area contributed by atoms with Crippen LogP contribution in [0.1, 0.15) is 26.2 Å². The Labute approximate surface area is 125 Å². The van der Waals surface area contributed by atoms with Crippen molar-refractivity contribution in [1.82, 2.24) is 0 Å². The second kappa shape index (κ2) is 8.52. The van der Waals surface area contributed by atoms with Crippen molar-refractivity contribution in [3.63, 3.8) is 0 Å². The molecule has 2 rings (SSSR count). The van der Waals surface area contributed by atoms with Crippen LogP contribution in [-0.4, -0.2) is 38.5 Å². The summed E-state index contributed by atoms with van der Waals surface area (Å²) in [7, 11) is 0. The van der Waals surface area contributed by atoms with Crippen molar-refractivity contribution in [2.45, 2.75) is 32.3 Å². The van der Waals surface area contributed by atoms with Gasteiger partial charge in [-0.3, -0.25) is 0 Å². The van der Waals surface area contributed by atoms with E-state index in [0.29, 0.717) is 24.7 Å². The molecule has 5 heteroatoms. The van der Waals surface area contributed by atoms with E-state index in [2.05, 4.69) is 0 Å². The number of para-hydroxylation sites is 2. The summed E-state index contributed by atoms with van der Waals surface area (Å²) in [5.41, 5.74) is 0. The molecular formula is C16H22O5. The normalized spacial score (nSPS) is 18.0. The Balaban J connectivity index is 1.73. The zero-order valence-corrected chi connectivity index (χ0v) is 12.4. The van der Waals surface area contributed by atoms with Crippen molar-refractivity contribution in [3.05, 3.63) is 24.3 Å². The first-order chi connectivity index (χ1) is 10.3. The third kappa shape index (κ3) is 5.27. The van der Waals surface area contributed by atoms with E-state index in [-0.39, 0.29) is 12.7 Å². The van der Waals surface area contributed by atoms with Crippen LogP contribution in [0.5, 0.6) is 11.5 Å². The summed E-state index contributed by atoms with van der Waals surface area (Å²) in [6, 6.07) is 7.26. The van der Waals surface area contributed by atoms with Gasteiger partial charge in [-0.05, 0) is 38.3 Å². The van der Waals surface area contributed by atoms with Crippen molar-refractivity contribution in [3.8, 4) is 11.5 Å². The summed E-state index contributed by atoms with van der Waals surface area (Å²) < 4.78 is 21.6. The van der Waals surface area contributed by atoms with E-state index < -0.39 is 5.97 Å². The van der Waals surface area contributed by atoms with Gasteiger partial charge in [0, 0.05) is 6.61 Å². The molecular weight excluding hydrogens is 272 g/mol. The van der Waals surface area contributed by atoms with Gasteiger partial charge < -0.3 is 18.9 Å². The Bertz CT molecular complexity index is 440. The molecule has 0 bridgehead atoms. The summed E-state index contributed by atoms with van der Waals surface area (Å²) in [6.45, 7) is 3.37. The molecule has 0 saturated carbocycles. The minimum Gasteiger partial charge on any atom is -0.490 e. The zero-order valence-electron chi connectivity index (χ0n) is 12.4. The summed E-state index contributed by atoms with van der Waals surface area (Å²) in [6.07, 6.45) is 3.18. The van der Waals surface area contributed by atoms with Crippen LogP contribution in [-0.2, 0) is 14.3 Å². The number of rotatable bonds is 7. The molecule has 0 spiro atoms. The first kappa shape index (κ1) is 15.6. The molecule has 0 radical (unpaired) electrons. The second-order valence-corrected chi connectivity index (χ2v) is 4.84. The summed E-state index contributed by atoms with van der Waals surface area (Å²) in [4.78, 5) is 11.7.